The summed E-state index contributed by atoms with van der Waals surface area (Å²) < 4.78 is 37.9. The fraction of sp³-hybridized carbons (Fsp3) is 0.438. The minimum Gasteiger partial charge on any atom is -0.511 e. The molecule has 0 radical (unpaired) electrons. The van der Waals surface area contributed by atoms with Crippen molar-refractivity contribution in [3.63, 3.8) is 0 Å². The van der Waals surface area contributed by atoms with Crippen molar-refractivity contribution in [1.29, 1.82) is 0 Å². The molecule has 0 aromatic carbocycles. The van der Waals surface area contributed by atoms with Gasteiger partial charge < -0.3 is 5.11 Å². The number of aromatic nitrogens is 1. The number of hydrogen-bond donors (Lipinski definition) is 1. The smallest absolute Gasteiger partial charge is 0.433 e. The van der Waals surface area contributed by atoms with Crippen molar-refractivity contribution >= 4 is 11.6 Å². The van der Waals surface area contributed by atoms with Crippen molar-refractivity contribution in [3.8, 4) is 0 Å². The molecule has 2 atom stereocenters. The number of hydrogen-bond acceptors (Lipinski definition) is 4. The number of aliphatic hydroxyl groups is 1. The topological polar surface area (TPSA) is 67.3 Å². The second-order valence-corrected chi connectivity index (χ2v) is 5.99. The summed E-state index contributed by atoms with van der Waals surface area (Å²) >= 11 is 0. The van der Waals surface area contributed by atoms with E-state index in [1.54, 1.807) is 0 Å². The largest absolute Gasteiger partial charge is 0.511 e. The molecule has 2 bridgehead atoms. The molecule has 122 valence electrons. The molecule has 0 saturated heterocycles. The van der Waals surface area contributed by atoms with Crippen LogP contribution in [-0.4, -0.2) is 21.7 Å². The standard InChI is InChI=1S/C16H14F3NO3/c1-7-10(4-5-11(20-7)16(17,18)19)15(23)12-13(21)8-2-3-9(6-8)14(12)22/h4-5,8-9,21H,2-3,6H2,1H3. The molecule has 23 heavy (non-hydrogen) atoms. The number of rotatable bonds is 2. The molecule has 0 amide bonds. The van der Waals surface area contributed by atoms with Crippen LogP contribution in [-0.2, 0) is 11.0 Å². The van der Waals surface area contributed by atoms with Crippen molar-refractivity contribution in [2.24, 2.45) is 11.8 Å². The van der Waals surface area contributed by atoms with Crippen molar-refractivity contribution < 1.29 is 27.9 Å². The monoisotopic (exact) mass is 325 g/mol. The van der Waals surface area contributed by atoms with Crippen LogP contribution < -0.4 is 0 Å². The van der Waals surface area contributed by atoms with Crippen LogP contribution in [0.2, 0.25) is 0 Å². The predicted molar refractivity (Wildman–Crippen MR) is 73.8 cm³/mol. The highest BCUT2D eigenvalue weighted by Gasteiger charge is 2.43. The quantitative estimate of drug-likeness (QED) is 0.668. The Morgan fingerprint density at radius 3 is 2.52 bits per heavy atom. The molecule has 1 saturated carbocycles. The van der Waals surface area contributed by atoms with Crippen LogP contribution in [0.25, 0.3) is 0 Å². The van der Waals surface area contributed by atoms with E-state index in [4.69, 9.17) is 0 Å². The van der Waals surface area contributed by atoms with Crippen molar-refractivity contribution in [1.82, 2.24) is 4.98 Å². The number of halogens is 3. The fourth-order valence-electron chi connectivity index (χ4n) is 3.32. The molecule has 1 fully saturated rings. The zero-order valence-electron chi connectivity index (χ0n) is 12.3. The first kappa shape index (κ1) is 15.7. The van der Waals surface area contributed by atoms with E-state index in [0.29, 0.717) is 25.3 Å². The number of Topliss-reactive ketones (excluding diaryl/α,β-unsaturated/α-hetero) is 2. The van der Waals surface area contributed by atoms with E-state index in [0.717, 1.165) is 6.07 Å². The van der Waals surface area contributed by atoms with Crippen LogP contribution in [0.15, 0.2) is 23.5 Å². The molecule has 7 heteroatoms. The Balaban J connectivity index is 2.01. The van der Waals surface area contributed by atoms with Gasteiger partial charge in [-0.2, -0.15) is 13.2 Å². The molecule has 3 rings (SSSR count). The van der Waals surface area contributed by atoms with E-state index in [-0.39, 0.29) is 34.4 Å². The number of nitrogens with zero attached hydrogens (tertiary/aromatic N) is 1. The van der Waals surface area contributed by atoms with Crippen LogP contribution in [0, 0.1) is 18.8 Å². The Kier molecular flexibility index (Phi) is 3.54. The second-order valence-electron chi connectivity index (χ2n) is 5.99. The maximum Gasteiger partial charge on any atom is 0.433 e. The summed E-state index contributed by atoms with van der Waals surface area (Å²) in [5, 5.41) is 10.2. The molecule has 1 aromatic rings. The molecule has 1 N–H and O–H groups in total. The second kappa shape index (κ2) is 5.18. The van der Waals surface area contributed by atoms with Crippen LogP contribution in [0.4, 0.5) is 13.2 Å². The third-order valence-electron chi connectivity index (χ3n) is 4.54. The van der Waals surface area contributed by atoms with E-state index in [1.807, 2.05) is 0 Å². The van der Waals surface area contributed by atoms with E-state index in [1.165, 1.54) is 6.92 Å². The van der Waals surface area contributed by atoms with Crippen LogP contribution in [0.3, 0.4) is 0 Å². The Morgan fingerprint density at radius 1 is 1.26 bits per heavy atom. The lowest BCUT2D eigenvalue weighted by molar-refractivity contribution is -0.141. The van der Waals surface area contributed by atoms with Crippen LogP contribution >= 0.6 is 0 Å². The Hall–Kier alpha value is -2.18. The first-order chi connectivity index (χ1) is 10.7. The highest BCUT2D eigenvalue weighted by atomic mass is 19.4. The van der Waals surface area contributed by atoms with Gasteiger partial charge in [-0.25, -0.2) is 4.98 Å². The van der Waals surface area contributed by atoms with Gasteiger partial charge in [-0.05, 0) is 38.3 Å². The summed E-state index contributed by atoms with van der Waals surface area (Å²) in [6.45, 7) is 1.28. The maximum absolute atomic E-state index is 12.6. The molecule has 2 aliphatic carbocycles. The van der Waals surface area contributed by atoms with Gasteiger partial charge in [-0.3, -0.25) is 9.59 Å². The summed E-state index contributed by atoms with van der Waals surface area (Å²) in [6, 6.07) is 1.72. The molecule has 0 aliphatic heterocycles. The van der Waals surface area contributed by atoms with Gasteiger partial charge in [-0.15, -0.1) is 0 Å². The number of fused-ring (bicyclic) bond motifs is 2. The summed E-state index contributed by atoms with van der Waals surface area (Å²) in [5.74, 6) is -1.88. The van der Waals surface area contributed by atoms with Crippen LogP contribution in [0.5, 0.6) is 0 Å². The Morgan fingerprint density at radius 2 is 1.91 bits per heavy atom. The van der Waals surface area contributed by atoms with Gasteiger partial charge in [0.2, 0.25) is 5.78 Å². The number of allylic oxidation sites excluding steroid dienone is 2. The highest BCUT2D eigenvalue weighted by molar-refractivity contribution is 6.27. The molecule has 0 spiro atoms. The normalized spacial score (nSPS) is 24.3. The zero-order chi connectivity index (χ0) is 16.9. The van der Waals surface area contributed by atoms with Gasteiger partial charge >= 0.3 is 6.18 Å². The van der Waals surface area contributed by atoms with E-state index < -0.39 is 23.4 Å². The van der Waals surface area contributed by atoms with Gasteiger partial charge in [0, 0.05) is 23.1 Å². The summed E-state index contributed by atoms with van der Waals surface area (Å²) in [7, 11) is 0. The number of carbonyl (C=O) groups excluding carboxylic acids is 2. The first-order valence-corrected chi connectivity index (χ1v) is 7.27. The van der Waals surface area contributed by atoms with Crippen molar-refractivity contribution in [2.45, 2.75) is 32.4 Å². The van der Waals surface area contributed by atoms with E-state index in [9.17, 15) is 27.9 Å². The average Bonchev–Trinajstić information content (AvgIpc) is 2.91. The van der Waals surface area contributed by atoms with Crippen molar-refractivity contribution in [2.75, 3.05) is 0 Å². The number of carbonyl (C=O) groups is 2. The van der Waals surface area contributed by atoms with Gasteiger partial charge in [-0.1, -0.05) is 0 Å². The molecule has 1 aromatic heterocycles. The Labute approximate surface area is 130 Å². The third-order valence-corrected chi connectivity index (χ3v) is 4.54. The molecular weight excluding hydrogens is 311 g/mol. The van der Waals surface area contributed by atoms with Crippen molar-refractivity contribution in [3.05, 3.63) is 40.4 Å². The van der Waals surface area contributed by atoms with E-state index in [2.05, 4.69) is 4.98 Å². The SMILES string of the molecule is Cc1nc(C(F)(F)F)ccc1C(=O)C1=C(O)C2CCC(C2)C1=O. The lowest BCUT2D eigenvalue weighted by Gasteiger charge is -2.21. The first-order valence-electron chi connectivity index (χ1n) is 7.27. The average molecular weight is 325 g/mol. The lowest BCUT2D eigenvalue weighted by atomic mass is 9.83. The maximum atomic E-state index is 12.6. The van der Waals surface area contributed by atoms with Gasteiger partial charge in [0.05, 0.1) is 0 Å². The predicted octanol–water partition coefficient (Wildman–Crippen LogP) is 3.40. The fourth-order valence-corrected chi connectivity index (χ4v) is 3.32. The highest BCUT2D eigenvalue weighted by Crippen LogP contribution is 2.43. The van der Waals surface area contributed by atoms with E-state index >= 15 is 0 Å². The zero-order valence-corrected chi connectivity index (χ0v) is 12.3. The van der Waals surface area contributed by atoms with Crippen LogP contribution in [0.1, 0.15) is 41.0 Å². The number of alkyl halides is 3. The molecule has 1 heterocycles. The molecule has 2 aliphatic rings. The molecule has 4 nitrogen and oxygen atoms in total. The molecular formula is C16H14F3NO3. The summed E-state index contributed by atoms with van der Waals surface area (Å²) in [5.41, 5.74) is -1.58. The number of aryl methyl sites for hydroxylation is 1. The lowest BCUT2D eigenvalue weighted by Crippen LogP contribution is -2.27. The minimum absolute atomic E-state index is 0.0887. The van der Waals surface area contributed by atoms with Gasteiger partial charge in [0.1, 0.15) is 17.0 Å². The summed E-state index contributed by atoms with van der Waals surface area (Å²) in [4.78, 5) is 28.3. The third kappa shape index (κ3) is 2.54. The molecule has 2 unspecified atom stereocenters. The van der Waals surface area contributed by atoms with Gasteiger partial charge in [0.15, 0.2) is 5.78 Å². The number of aliphatic hydroxyl groups excluding tert-OH is 1. The summed E-state index contributed by atoms with van der Waals surface area (Å²) in [6.07, 6.45) is -2.81. The number of ketones is 2. The number of pyridine rings is 1. The minimum atomic E-state index is -4.60. The Bertz CT molecular complexity index is 737. The van der Waals surface area contributed by atoms with Gasteiger partial charge in [0.25, 0.3) is 0 Å².